The molecular weight excluding hydrogens is 443 g/mol. The van der Waals surface area contributed by atoms with Crippen molar-refractivity contribution in [3.05, 3.63) is 115 Å². The molecule has 0 radical (unpaired) electrons. The number of aromatic nitrogens is 2. The van der Waals surface area contributed by atoms with Crippen LogP contribution in [-0.4, -0.2) is 17.0 Å². The first-order valence-electron chi connectivity index (χ1n) is 12.0. The van der Waals surface area contributed by atoms with Gasteiger partial charge in [0.2, 0.25) is 5.89 Å². The summed E-state index contributed by atoms with van der Waals surface area (Å²) in [6, 6.07) is 37.9. The predicted octanol–water partition coefficient (Wildman–Crippen LogP) is 6.56. The van der Waals surface area contributed by atoms with Crippen molar-refractivity contribution in [2.45, 2.75) is 0 Å². The van der Waals surface area contributed by atoms with E-state index in [4.69, 9.17) is 9.40 Å². The molecule has 0 unspecified atom stereocenters. The number of rotatable bonds is 2. The third kappa shape index (κ3) is 2.67. The Kier molecular flexibility index (Phi) is 3.96. The Labute approximate surface area is 208 Å². The number of para-hydroxylation sites is 5. The molecule has 168 valence electrons. The number of pyridine rings is 1. The summed E-state index contributed by atoms with van der Waals surface area (Å²) in [5.74, 6) is 0.531. The summed E-state index contributed by atoms with van der Waals surface area (Å²) in [5, 5.41) is 0. The van der Waals surface area contributed by atoms with Crippen molar-refractivity contribution < 1.29 is 4.42 Å². The van der Waals surface area contributed by atoms with E-state index in [1.54, 1.807) is 0 Å². The molecule has 0 bridgehead atoms. The lowest BCUT2D eigenvalue weighted by Crippen LogP contribution is -2.55. The number of benzene rings is 4. The van der Waals surface area contributed by atoms with Crippen LogP contribution in [0.4, 0.5) is 22.7 Å². The SMILES string of the molecule is c1ccc2c(c1)B1N(c3ccc(-c4nc5ccccc5o4)nc3)c3ccccc3N1c1ccccc1-2. The van der Waals surface area contributed by atoms with E-state index in [1.807, 2.05) is 36.5 Å². The van der Waals surface area contributed by atoms with Crippen molar-refractivity contribution in [2.75, 3.05) is 9.62 Å². The summed E-state index contributed by atoms with van der Waals surface area (Å²) in [6.45, 7) is -0.00882. The number of hydrogen-bond acceptors (Lipinski definition) is 5. The van der Waals surface area contributed by atoms with E-state index < -0.39 is 0 Å². The summed E-state index contributed by atoms with van der Waals surface area (Å²) >= 11 is 0. The Morgan fingerprint density at radius 1 is 0.611 bits per heavy atom. The first-order chi connectivity index (χ1) is 17.9. The zero-order chi connectivity index (χ0) is 23.6. The Morgan fingerprint density at radius 3 is 2.11 bits per heavy atom. The molecule has 5 nitrogen and oxygen atoms in total. The molecule has 0 saturated carbocycles. The quantitative estimate of drug-likeness (QED) is 0.273. The number of anilines is 4. The highest BCUT2D eigenvalue weighted by molar-refractivity contribution is 6.86. The fourth-order valence-corrected chi connectivity index (χ4v) is 5.59. The summed E-state index contributed by atoms with van der Waals surface area (Å²) in [5.41, 5.74) is 10.7. The fourth-order valence-electron chi connectivity index (χ4n) is 5.59. The van der Waals surface area contributed by atoms with Crippen molar-refractivity contribution in [3.63, 3.8) is 0 Å². The van der Waals surface area contributed by atoms with Crippen LogP contribution in [-0.2, 0) is 0 Å². The van der Waals surface area contributed by atoms with E-state index in [9.17, 15) is 0 Å². The molecule has 0 saturated heterocycles. The first kappa shape index (κ1) is 19.5. The molecule has 6 aromatic rings. The summed E-state index contributed by atoms with van der Waals surface area (Å²) in [4.78, 5) is 14.2. The molecule has 36 heavy (non-hydrogen) atoms. The zero-order valence-electron chi connectivity index (χ0n) is 19.2. The third-order valence-corrected chi connectivity index (χ3v) is 7.12. The van der Waals surface area contributed by atoms with Crippen LogP contribution >= 0.6 is 0 Å². The average Bonchev–Trinajstić information content (AvgIpc) is 3.53. The van der Waals surface area contributed by atoms with E-state index in [1.165, 1.54) is 28.0 Å². The maximum Gasteiger partial charge on any atom is 0.421 e. The van der Waals surface area contributed by atoms with E-state index in [0.29, 0.717) is 11.6 Å². The monoisotopic (exact) mass is 462 g/mol. The lowest BCUT2D eigenvalue weighted by Gasteiger charge is -2.36. The fraction of sp³-hybridized carbons (Fsp3) is 0. The summed E-state index contributed by atoms with van der Waals surface area (Å²) < 4.78 is 5.95. The maximum atomic E-state index is 5.95. The molecule has 0 fully saturated rings. The second kappa shape index (κ2) is 7.33. The van der Waals surface area contributed by atoms with Crippen LogP contribution in [0.2, 0.25) is 0 Å². The molecule has 0 amide bonds. The predicted molar refractivity (Wildman–Crippen MR) is 145 cm³/mol. The Hall–Kier alpha value is -4.84. The van der Waals surface area contributed by atoms with Gasteiger partial charge < -0.3 is 14.0 Å². The Bertz CT molecular complexity index is 1750. The van der Waals surface area contributed by atoms with Gasteiger partial charge in [-0.25, -0.2) is 9.97 Å². The van der Waals surface area contributed by atoms with Crippen molar-refractivity contribution in [1.82, 2.24) is 9.97 Å². The molecular formula is C30H19BN4O. The number of oxazole rings is 1. The number of nitrogens with zero attached hydrogens (tertiary/aromatic N) is 4. The van der Waals surface area contributed by atoms with Crippen LogP contribution in [0.15, 0.2) is 120 Å². The molecule has 4 heterocycles. The van der Waals surface area contributed by atoms with Crippen LogP contribution in [0.5, 0.6) is 0 Å². The Balaban J connectivity index is 1.29. The van der Waals surface area contributed by atoms with Crippen LogP contribution in [0.25, 0.3) is 33.8 Å². The van der Waals surface area contributed by atoms with Crippen LogP contribution in [0.3, 0.4) is 0 Å². The average molecular weight is 462 g/mol. The van der Waals surface area contributed by atoms with Gasteiger partial charge in [0.05, 0.1) is 17.6 Å². The second-order valence-corrected chi connectivity index (χ2v) is 9.10. The molecule has 0 atom stereocenters. The smallest absolute Gasteiger partial charge is 0.421 e. The van der Waals surface area contributed by atoms with Crippen molar-refractivity contribution in [2.24, 2.45) is 0 Å². The molecule has 6 heteroatoms. The largest absolute Gasteiger partial charge is 0.435 e. The minimum absolute atomic E-state index is 0.00882. The van der Waals surface area contributed by atoms with Crippen LogP contribution in [0.1, 0.15) is 0 Å². The van der Waals surface area contributed by atoms with Gasteiger partial charge in [-0.1, -0.05) is 66.7 Å². The van der Waals surface area contributed by atoms with E-state index in [2.05, 4.69) is 93.5 Å². The van der Waals surface area contributed by atoms with Gasteiger partial charge in [0.1, 0.15) is 11.2 Å². The first-order valence-corrected chi connectivity index (χ1v) is 12.0. The van der Waals surface area contributed by atoms with Gasteiger partial charge >= 0.3 is 6.98 Å². The van der Waals surface area contributed by atoms with Gasteiger partial charge in [-0.05, 0) is 53.5 Å². The maximum absolute atomic E-state index is 5.95. The normalized spacial score (nSPS) is 13.4. The molecule has 0 spiro atoms. The molecule has 0 aliphatic carbocycles. The third-order valence-electron chi connectivity index (χ3n) is 7.12. The lowest BCUT2D eigenvalue weighted by atomic mass is 9.59. The van der Waals surface area contributed by atoms with Gasteiger partial charge in [0, 0.05) is 16.9 Å². The lowest BCUT2D eigenvalue weighted by molar-refractivity contribution is 0.617. The molecule has 2 aliphatic rings. The molecule has 4 aromatic carbocycles. The second-order valence-electron chi connectivity index (χ2n) is 9.10. The van der Waals surface area contributed by atoms with Gasteiger partial charge in [0.25, 0.3) is 0 Å². The van der Waals surface area contributed by atoms with Crippen LogP contribution < -0.4 is 15.1 Å². The Morgan fingerprint density at radius 2 is 1.31 bits per heavy atom. The van der Waals surface area contributed by atoms with E-state index in [-0.39, 0.29) is 6.98 Å². The van der Waals surface area contributed by atoms with Crippen molar-refractivity contribution in [3.8, 4) is 22.7 Å². The van der Waals surface area contributed by atoms with Gasteiger partial charge in [-0.2, -0.15) is 0 Å². The minimum atomic E-state index is -0.00882. The van der Waals surface area contributed by atoms with Crippen molar-refractivity contribution in [1.29, 1.82) is 0 Å². The highest BCUT2D eigenvalue weighted by atomic mass is 16.3. The minimum Gasteiger partial charge on any atom is -0.435 e. The number of hydrogen-bond donors (Lipinski definition) is 0. The number of fused-ring (bicyclic) bond motifs is 9. The van der Waals surface area contributed by atoms with Gasteiger partial charge in [-0.15, -0.1) is 0 Å². The van der Waals surface area contributed by atoms with E-state index >= 15 is 0 Å². The van der Waals surface area contributed by atoms with Gasteiger partial charge in [-0.3, -0.25) is 0 Å². The standard InChI is InChI=1S/C30H19BN4O/c1-3-11-23-21(9-1)22-10-2-5-13-26(22)35-28-15-7-6-14-27(28)34(31(23)35)20-17-18-25(32-19-20)30-33-24-12-4-8-16-29(24)36-30/h1-19H. The van der Waals surface area contributed by atoms with Crippen LogP contribution in [0, 0.1) is 0 Å². The molecule has 0 N–H and O–H groups in total. The molecule has 8 rings (SSSR count). The highest BCUT2D eigenvalue weighted by Crippen LogP contribution is 2.50. The molecule has 2 aromatic heterocycles. The summed E-state index contributed by atoms with van der Waals surface area (Å²) in [7, 11) is 0. The van der Waals surface area contributed by atoms with Crippen molar-refractivity contribution >= 4 is 46.3 Å². The topological polar surface area (TPSA) is 45.4 Å². The zero-order valence-corrected chi connectivity index (χ0v) is 19.2. The molecule has 2 aliphatic heterocycles. The van der Waals surface area contributed by atoms with E-state index in [0.717, 1.165) is 22.5 Å². The highest BCUT2D eigenvalue weighted by Gasteiger charge is 2.47. The van der Waals surface area contributed by atoms with Gasteiger partial charge in [0.15, 0.2) is 5.58 Å². The summed E-state index contributed by atoms with van der Waals surface area (Å²) in [6.07, 6.45) is 1.92.